The van der Waals surface area contributed by atoms with Crippen LogP contribution in [0.1, 0.15) is 27.2 Å². The molecule has 2 atom stereocenters. The molecule has 3 heteroatoms. The molecule has 0 fully saturated rings. The van der Waals surface area contributed by atoms with Crippen LogP contribution in [0.15, 0.2) is 11.6 Å². The summed E-state index contributed by atoms with van der Waals surface area (Å²) in [7, 11) is 0. The standard InChI is InChI=1S/C10H16O3/c1-6-4-7(11)8(9(12)13)10(2,3)5-6/h4,7-8,11H,5H2,1-3H3,(H,12,13). The first-order valence-corrected chi connectivity index (χ1v) is 4.43. The summed E-state index contributed by atoms with van der Waals surface area (Å²) in [6.45, 7) is 5.68. The first-order chi connectivity index (χ1) is 5.84. The molecule has 0 heterocycles. The topological polar surface area (TPSA) is 57.5 Å². The molecule has 0 bridgehead atoms. The first-order valence-electron chi connectivity index (χ1n) is 4.43. The number of carboxylic acids is 1. The Morgan fingerprint density at radius 2 is 2.15 bits per heavy atom. The lowest BCUT2D eigenvalue weighted by atomic mass is 9.68. The lowest BCUT2D eigenvalue weighted by molar-refractivity contribution is -0.150. The summed E-state index contributed by atoms with van der Waals surface area (Å²) in [5.41, 5.74) is 0.708. The second-order valence-electron chi connectivity index (χ2n) is 4.48. The second-order valence-corrected chi connectivity index (χ2v) is 4.48. The Morgan fingerprint density at radius 3 is 2.54 bits per heavy atom. The van der Waals surface area contributed by atoms with Crippen molar-refractivity contribution >= 4 is 5.97 Å². The Hall–Kier alpha value is -0.830. The predicted octanol–water partition coefficient (Wildman–Crippen LogP) is 1.42. The summed E-state index contributed by atoms with van der Waals surface area (Å²) in [5, 5.41) is 18.5. The van der Waals surface area contributed by atoms with Crippen LogP contribution in [0, 0.1) is 11.3 Å². The number of aliphatic hydroxyl groups is 1. The van der Waals surface area contributed by atoms with Crippen molar-refractivity contribution in [1.82, 2.24) is 0 Å². The summed E-state index contributed by atoms with van der Waals surface area (Å²) in [6, 6.07) is 0. The van der Waals surface area contributed by atoms with Crippen molar-refractivity contribution in [2.24, 2.45) is 11.3 Å². The van der Waals surface area contributed by atoms with E-state index in [1.54, 1.807) is 6.08 Å². The van der Waals surface area contributed by atoms with Crippen LogP contribution in [-0.2, 0) is 4.79 Å². The molecule has 0 radical (unpaired) electrons. The van der Waals surface area contributed by atoms with E-state index in [9.17, 15) is 9.90 Å². The Kier molecular flexibility index (Phi) is 2.48. The highest BCUT2D eigenvalue weighted by atomic mass is 16.4. The van der Waals surface area contributed by atoms with Crippen molar-refractivity contribution in [3.63, 3.8) is 0 Å². The van der Waals surface area contributed by atoms with Gasteiger partial charge >= 0.3 is 5.97 Å². The van der Waals surface area contributed by atoms with E-state index in [0.29, 0.717) is 0 Å². The van der Waals surface area contributed by atoms with Crippen LogP contribution in [0.3, 0.4) is 0 Å². The van der Waals surface area contributed by atoms with Crippen LogP contribution >= 0.6 is 0 Å². The molecule has 0 saturated carbocycles. The molecule has 0 aromatic carbocycles. The molecule has 1 rings (SSSR count). The molecule has 2 N–H and O–H groups in total. The lowest BCUT2D eigenvalue weighted by Gasteiger charge is -2.37. The number of hydrogen-bond acceptors (Lipinski definition) is 2. The Morgan fingerprint density at radius 1 is 1.62 bits per heavy atom. The summed E-state index contributed by atoms with van der Waals surface area (Å²) in [6.07, 6.45) is 1.53. The van der Waals surface area contributed by atoms with E-state index in [1.807, 2.05) is 20.8 Å². The lowest BCUT2D eigenvalue weighted by Crippen LogP contribution is -2.42. The third-order valence-electron chi connectivity index (χ3n) is 2.64. The van der Waals surface area contributed by atoms with Gasteiger partial charge in [0.15, 0.2) is 0 Å². The number of carbonyl (C=O) groups is 1. The molecule has 0 spiro atoms. The van der Waals surface area contributed by atoms with Crippen LogP contribution in [0.5, 0.6) is 0 Å². The molecule has 74 valence electrons. The van der Waals surface area contributed by atoms with Gasteiger partial charge in [-0.05, 0) is 18.8 Å². The zero-order valence-electron chi connectivity index (χ0n) is 8.24. The van der Waals surface area contributed by atoms with Gasteiger partial charge in [-0.3, -0.25) is 4.79 Å². The predicted molar refractivity (Wildman–Crippen MR) is 49.3 cm³/mol. The minimum atomic E-state index is -0.916. The van der Waals surface area contributed by atoms with Crippen molar-refractivity contribution in [2.45, 2.75) is 33.3 Å². The Balaban J connectivity index is 3.00. The van der Waals surface area contributed by atoms with Gasteiger partial charge in [0.2, 0.25) is 0 Å². The Bertz CT molecular complexity index is 253. The number of rotatable bonds is 1. The van der Waals surface area contributed by atoms with Gasteiger partial charge in [0.25, 0.3) is 0 Å². The fourth-order valence-electron chi connectivity index (χ4n) is 2.22. The van der Waals surface area contributed by atoms with E-state index in [1.165, 1.54) is 0 Å². The maximum Gasteiger partial charge on any atom is 0.310 e. The highest BCUT2D eigenvalue weighted by Crippen LogP contribution is 2.40. The van der Waals surface area contributed by atoms with Gasteiger partial charge in [0.05, 0.1) is 12.0 Å². The molecule has 1 aliphatic rings. The number of allylic oxidation sites excluding steroid dienone is 1. The fraction of sp³-hybridized carbons (Fsp3) is 0.700. The van der Waals surface area contributed by atoms with E-state index >= 15 is 0 Å². The normalized spacial score (nSPS) is 32.5. The molecule has 1 aliphatic carbocycles. The molecule has 0 amide bonds. The van der Waals surface area contributed by atoms with E-state index in [0.717, 1.165) is 12.0 Å². The number of aliphatic carboxylic acids is 1. The molecule has 0 saturated heterocycles. The van der Waals surface area contributed by atoms with Crippen LogP contribution in [-0.4, -0.2) is 22.3 Å². The summed E-state index contributed by atoms with van der Waals surface area (Å²) in [4.78, 5) is 10.9. The van der Waals surface area contributed by atoms with Crippen LogP contribution < -0.4 is 0 Å². The van der Waals surface area contributed by atoms with Gasteiger partial charge in [0.1, 0.15) is 0 Å². The molecule has 0 aromatic rings. The van der Waals surface area contributed by atoms with Gasteiger partial charge < -0.3 is 10.2 Å². The molecule has 0 aliphatic heterocycles. The first kappa shape index (κ1) is 10.3. The minimum absolute atomic E-state index is 0.357. The van der Waals surface area contributed by atoms with Crippen molar-refractivity contribution < 1.29 is 15.0 Å². The third kappa shape index (κ3) is 1.91. The van der Waals surface area contributed by atoms with Crippen LogP contribution in [0.4, 0.5) is 0 Å². The molecule has 0 aromatic heterocycles. The maximum absolute atomic E-state index is 10.9. The molecule has 13 heavy (non-hydrogen) atoms. The second kappa shape index (κ2) is 3.14. The number of aliphatic hydroxyl groups excluding tert-OH is 1. The third-order valence-corrected chi connectivity index (χ3v) is 2.64. The number of carboxylic acid groups (broad SMARTS) is 1. The highest BCUT2D eigenvalue weighted by Gasteiger charge is 2.42. The van der Waals surface area contributed by atoms with Gasteiger partial charge in [-0.25, -0.2) is 0 Å². The largest absolute Gasteiger partial charge is 0.481 e. The van der Waals surface area contributed by atoms with Crippen LogP contribution in [0.2, 0.25) is 0 Å². The van der Waals surface area contributed by atoms with Crippen molar-refractivity contribution in [3.8, 4) is 0 Å². The maximum atomic E-state index is 10.9. The summed E-state index contributed by atoms with van der Waals surface area (Å²) < 4.78 is 0. The van der Waals surface area contributed by atoms with E-state index in [-0.39, 0.29) is 5.41 Å². The van der Waals surface area contributed by atoms with Crippen molar-refractivity contribution in [3.05, 3.63) is 11.6 Å². The molecule has 3 nitrogen and oxygen atoms in total. The van der Waals surface area contributed by atoms with E-state index < -0.39 is 18.0 Å². The number of hydrogen-bond donors (Lipinski definition) is 2. The quantitative estimate of drug-likeness (QED) is 0.606. The average Bonchev–Trinajstić information content (AvgIpc) is 1.78. The fourth-order valence-corrected chi connectivity index (χ4v) is 2.22. The van der Waals surface area contributed by atoms with E-state index in [4.69, 9.17) is 5.11 Å². The van der Waals surface area contributed by atoms with E-state index in [2.05, 4.69) is 0 Å². The van der Waals surface area contributed by atoms with Gasteiger partial charge in [0, 0.05) is 0 Å². The van der Waals surface area contributed by atoms with Crippen molar-refractivity contribution in [1.29, 1.82) is 0 Å². The Labute approximate surface area is 78.1 Å². The molecular formula is C10H16O3. The highest BCUT2D eigenvalue weighted by molar-refractivity contribution is 5.72. The van der Waals surface area contributed by atoms with Crippen LogP contribution in [0.25, 0.3) is 0 Å². The zero-order valence-corrected chi connectivity index (χ0v) is 8.24. The minimum Gasteiger partial charge on any atom is -0.481 e. The monoisotopic (exact) mass is 184 g/mol. The van der Waals surface area contributed by atoms with Gasteiger partial charge in [-0.15, -0.1) is 0 Å². The molecule has 2 unspecified atom stereocenters. The smallest absolute Gasteiger partial charge is 0.310 e. The average molecular weight is 184 g/mol. The van der Waals surface area contributed by atoms with Crippen molar-refractivity contribution in [2.75, 3.05) is 0 Å². The molecular weight excluding hydrogens is 168 g/mol. The van der Waals surface area contributed by atoms with Gasteiger partial charge in [-0.1, -0.05) is 25.5 Å². The summed E-state index contributed by atoms with van der Waals surface area (Å²) in [5.74, 6) is -1.60. The SMILES string of the molecule is CC1=CC(O)C(C(=O)O)C(C)(C)C1. The zero-order chi connectivity index (χ0) is 10.2. The summed E-state index contributed by atoms with van der Waals surface area (Å²) >= 11 is 0. The van der Waals surface area contributed by atoms with Gasteiger partial charge in [-0.2, -0.15) is 0 Å².